The minimum Gasteiger partial charge on any atom is -0.463 e. The number of unbranched alkanes of at least 4 members (excludes halogenated alkanes) is 8. The fourth-order valence-electron chi connectivity index (χ4n) is 4.31. The molecule has 212 valence electrons. The van der Waals surface area contributed by atoms with Gasteiger partial charge in [0.1, 0.15) is 55.4 Å². The quantitative estimate of drug-likeness (QED) is 0.103. The monoisotopic (exact) mass is 524 g/mol. The number of carbonyl (C=O) groups excluding carboxylic acids is 1. The van der Waals surface area contributed by atoms with Gasteiger partial charge in [0, 0.05) is 6.42 Å². The molecule has 12 nitrogen and oxygen atoms in total. The van der Waals surface area contributed by atoms with Gasteiger partial charge in [0.2, 0.25) is 0 Å². The molecule has 2 aliphatic heterocycles. The number of esters is 1. The van der Waals surface area contributed by atoms with Gasteiger partial charge < -0.3 is 54.7 Å². The third-order valence-corrected chi connectivity index (χ3v) is 6.68. The van der Waals surface area contributed by atoms with Crippen LogP contribution in [0, 0.1) is 0 Å². The van der Waals surface area contributed by atoms with E-state index < -0.39 is 80.6 Å². The van der Waals surface area contributed by atoms with Gasteiger partial charge in [-0.3, -0.25) is 4.79 Å². The highest BCUT2D eigenvalue weighted by Crippen LogP contribution is 2.28. The highest BCUT2D eigenvalue weighted by molar-refractivity contribution is 5.69. The molecule has 0 radical (unpaired) electrons. The van der Waals surface area contributed by atoms with Crippen LogP contribution in [-0.4, -0.2) is 116 Å². The van der Waals surface area contributed by atoms with Crippen LogP contribution in [0.3, 0.4) is 0 Å². The van der Waals surface area contributed by atoms with Gasteiger partial charge in [-0.15, -0.1) is 0 Å². The second kappa shape index (κ2) is 16.1. The van der Waals surface area contributed by atoms with Gasteiger partial charge >= 0.3 is 5.97 Å². The summed E-state index contributed by atoms with van der Waals surface area (Å²) in [5.41, 5.74) is 0. The summed E-state index contributed by atoms with van der Waals surface area (Å²) in [4.78, 5) is 12.1. The van der Waals surface area contributed by atoms with E-state index in [1.807, 2.05) is 0 Å². The fraction of sp³-hybridized carbons (Fsp3) is 0.958. The molecule has 10 atom stereocenters. The Morgan fingerprint density at radius 3 is 1.67 bits per heavy atom. The number of rotatable bonds is 15. The van der Waals surface area contributed by atoms with Crippen molar-refractivity contribution in [2.24, 2.45) is 0 Å². The number of hydrogen-bond donors (Lipinski definition) is 7. The lowest BCUT2D eigenvalue weighted by Crippen LogP contribution is -2.63. The first-order valence-electron chi connectivity index (χ1n) is 13.0. The summed E-state index contributed by atoms with van der Waals surface area (Å²) in [6.45, 7) is 1.09. The van der Waals surface area contributed by atoms with E-state index in [1.54, 1.807) is 0 Å². The summed E-state index contributed by atoms with van der Waals surface area (Å²) < 4.78 is 21.2. The molecular formula is C24H44O12. The molecule has 12 heteroatoms. The highest BCUT2D eigenvalue weighted by Gasteiger charge is 2.49. The Balaban J connectivity index is 1.76. The molecule has 2 heterocycles. The summed E-state index contributed by atoms with van der Waals surface area (Å²) in [5.74, 6) is -0.485. The van der Waals surface area contributed by atoms with E-state index in [9.17, 15) is 40.5 Å². The molecule has 2 rings (SSSR count). The van der Waals surface area contributed by atoms with Crippen LogP contribution in [0.2, 0.25) is 0 Å². The molecular weight excluding hydrogens is 480 g/mol. The lowest BCUT2D eigenvalue weighted by atomic mass is 9.98. The smallest absolute Gasteiger partial charge is 0.305 e. The van der Waals surface area contributed by atoms with Crippen LogP contribution in [0.15, 0.2) is 0 Å². The Morgan fingerprint density at radius 2 is 1.14 bits per heavy atom. The maximum Gasteiger partial charge on any atom is 0.305 e. The molecule has 4 unspecified atom stereocenters. The summed E-state index contributed by atoms with van der Waals surface area (Å²) >= 11 is 0. The largest absolute Gasteiger partial charge is 0.463 e. The van der Waals surface area contributed by atoms with Crippen molar-refractivity contribution in [3.05, 3.63) is 0 Å². The zero-order valence-corrected chi connectivity index (χ0v) is 20.9. The van der Waals surface area contributed by atoms with Crippen molar-refractivity contribution >= 4 is 5.97 Å². The molecule has 2 saturated heterocycles. The SMILES string of the molecule is CCCCCCCCCCCC(=O)OCC1O[C@H](O[C@H]2OC(CO)[C@@H](O)C(O)[C@@H]2O)[C@@H](O)C(O)[C@@H]1O. The average Bonchev–Trinajstić information content (AvgIpc) is 2.87. The van der Waals surface area contributed by atoms with Crippen LogP contribution >= 0.6 is 0 Å². The summed E-state index contributed by atoms with van der Waals surface area (Å²) in [6, 6.07) is 0. The van der Waals surface area contributed by atoms with Crippen molar-refractivity contribution in [1.29, 1.82) is 0 Å². The molecule has 7 N–H and O–H groups in total. The number of carbonyl (C=O) groups is 1. The first-order chi connectivity index (χ1) is 17.2. The zero-order valence-electron chi connectivity index (χ0n) is 20.9. The summed E-state index contributed by atoms with van der Waals surface area (Å²) in [6.07, 6.45) is -5.76. The molecule has 0 aliphatic carbocycles. The minimum absolute atomic E-state index is 0.203. The topological polar surface area (TPSA) is 196 Å². The van der Waals surface area contributed by atoms with Crippen LogP contribution in [0.4, 0.5) is 0 Å². The van der Waals surface area contributed by atoms with E-state index in [4.69, 9.17) is 18.9 Å². The van der Waals surface area contributed by atoms with E-state index in [0.717, 1.165) is 19.3 Å². The van der Waals surface area contributed by atoms with Crippen molar-refractivity contribution in [3.8, 4) is 0 Å². The van der Waals surface area contributed by atoms with Crippen LogP contribution in [-0.2, 0) is 23.7 Å². The maximum absolute atomic E-state index is 12.1. The van der Waals surface area contributed by atoms with Crippen molar-refractivity contribution < 1.29 is 59.5 Å². The standard InChI is InChI=1S/C24H44O12/c1-2-3-4-5-6-7-8-9-10-11-16(26)33-13-15-18(28)20(30)22(32)24(35-15)36-23-21(31)19(29)17(27)14(12-25)34-23/h14-15,17-25,27-32H,2-13H2,1H3/t14?,15?,17-,18-,19?,20?,21+,22+,23-,24-/m1/s1. The van der Waals surface area contributed by atoms with Crippen LogP contribution in [0.5, 0.6) is 0 Å². The van der Waals surface area contributed by atoms with E-state index in [2.05, 4.69) is 6.92 Å². The second-order valence-electron chi connectivity index (χ2n) is 9.61. The van der Waals surface area contributed by atoms with Crippen molar-refractivity contribution in [1.82, 2.24) is 0 Å². The van der Waals surface area contributed by atoms with Crippen molar-refractivity contribution in [2.75, 3.05) is 13.2 Å². The molecule has 0 aromatic carbocycles. The molecule has 2 fully saturated rings. The third-order valence-electron chi connectivity index (χ3n) is 6.68. The average molecular weight is 525 g/mol. The molecule has 0 aromatic heterocycles. The first kappa shape index (κ1) is 31.3. The van der Waals surface area contributed by atoms with Gasteiger partial charge in [0.15, 0.2) is 12.6 Å². The van der Waals surface area contributed by atoms with Crippen LogP contribution < -0.4 is 0 Å². The molecule has 36 heavy (non-hydrogen) atoms. The zero-order chi connectivity index (χ0) is 26.7. The molecule has 0 spiro atoms. The lowest BCUT2D eigenvalue weighted by Gasteiger charge is -2.44. The summed E-state index contributed by atoms with van der Waals surface area (Å²) in [7, 11) is 0. The second-order valence-corrected chi connectivity index (χ2v) is 9.61. The fourth-order valence-corrected chi connectivity index (χ4v) is 4.31. The predicted molar refractivity (Wildman–Crippen MR) is 124 cm³/mol. The molecule has 2 aliphatic rings. The third kappa shape index (κ3) is 9.12. The number of hydrogen-bond acceptors (Lipinski definition) is 12. The minimum atomic E-state index is -1.76. The Labute approximate surface area is 211 Å². The van der Waals surface area contributed by atoms with E-state index in [0.29, 0.717) is 6.42 Å². The number of aliphatic hydroxyl groups is 7. The van der Waals surface area contributed by atoms with Gasteiger partial charge in [-0.1, -0.05) is 58.3 Å². The molecule has 0 aromatic rings. The Bertz CT molecular complexity index is 620. The van der Waals surface area contributed by atoms with Gasteiger partial charge in [-0.05, 0) is 6.42 Å². The van der Waals surface area contributed by atoms with Gasteiger partial charge in [0.25, 0.3) is 0 Å². The maximum atomic E-state index is 12.1. The molecule has 0 bridgehead atoms. The van der Waals surface area contributed by atoms with Crippen LogP contribution in [0.25, 0.3) is 0 Å². The Hall–Kier alpha value is -0.930. The normalized spacial score (nSPS) is 37.1. The van der Waals surface area contributed by atoms with E-state index in [-0.39, 0.29) is 6.42 Å². The predicted octanol–water partition coefficient (Wildman–Crippen LogP) is -0.925. The lowest BCUT2D eigenvalue weighted by molar-refractivity contribution is -0.376. The van der Waals surface area contributed by atoms with Crippen molar-refractivity contribution in [2.45, 2.75) is 133 Å². The van der Waals surface area contributed by atoms with Gasteiger partial charge in [-0.25, -0.2) is 0 Å². The molecule has 0 saturated carbocycles. The number of aliphatic hydroxyl groups excluding tert-OH is 7. The Kier molecular flexibility index (Phi) is 14.0. The van der Waals surface area contributed by atoms with E-state index >= 15 is 0 Å². The summed E-state index contributed by atoms with van der Waals surface area (Å²) in [5, 5.41) is 69.8. The Morgan fingerprint density at radius 1 is 0.667 bits per heavy atom. The van der Waals surface area contributed by atoms with E-state index in [1.165, 1.54) is 32.1 Å². The van der Waals surface area contributed by atoms with Crippen molar-refractivity contribution in [3.63, 3.8) is 0 Å². The molecule has 0 amide bonds. The number of ether oxygens (including phenoxy) is 4. The van der Waals surface area contributed by atoms with Gasteiger partial charge in [0.05, 0.1) is 6.61 Å². The highest BCUT2D eigenvalue weighted by atomic mass is 16.8. The van der Waals surface area contributed by atoms with Crippen LogP contribution in [0.1, 0.15) is 71.1 Å². The first-order valence-corrected chi connectivity index (χ1v) is 13.0. The van der Waals surface area contributed by atoms with Gasteiger partial charge in [-0.2, -0.15) is 0 Å².